The van der Waals surface area contributed by atoms with Crippen LogP contribution in [0.15, 0.2) is 9.59 Å². The molecular weight excluding hydrogens is 268 g/mol. The Morgan fingerprint density at radius 1 is 1.24 bits per heavy atom. The van der Waals surface area contributed by atoms with Crippen molar-refractivity contribution in [3.8, 4) is 0 Å². The minimum Gasteiger partial charge on any atom is -0.383 e. The number of anilines is 2. The minimum atomic E-state index is -0.442. The quantitative estimate of drug-likeness (QED) is 0.685. The molecule has 0 aliphatic carbocycles. The highest BCUT2D eigenvalue weighted by Gasteiger charge is 2.18. The lowest BCUT2D eigenvalue weighted by Crippen LogP contribution is -2.36. The molecule has 6 heteroatoms. The zero-order chi connectivity index (χ0) is 16.0. The number of nitrogens with two attached hydrogens (primary N) is 1. The van der Waals surface area contributed by atoms with Gasteiger partial charge in [0.25, 0.3) is 5.56 Å². The van der Waals surface area contributed by atoms with Crippen LogP contribution >= 0.6 is 0 Å². The van der Waals surface area contributed by atoms with E-state index in [1.165, 1.54) is 4.57 Å². The van der Waals surface area contributed by atoms with Crippen molar-refractivity contribution in [1.29, 1.82) is 0 Å². The first-order valence-corrected chi connectivity index (χ1v) is 7.85. The van der Waals surface area contributed by atoms with Gasteiger partial charge in [-0.25, -0.2) is 4.79 Å². The summed E-state index contributed by atoms with van der Waals surface area (Å²) in [6.07, 6.45) is 3.85. The SMILES string of the molecule is CCCCn1c(N)c(NC(C)C(CC)CC)c(=O)[nH]c1=O. The summed E-state index contributed by atoms with van der Waals surface area (Å²) >= 11 is 0. The molecule has 0 bridgehead atoms. The number of hydrogen-bond acceptors (Lipinski definition) is 4. The van der Waals surface area contributed by atoms with Crippen molar-refractivity contribution in [3.05, 3.63) is 20.8 Å². The number of aromatic amines is 1. The predicted octanol–water partition coefficient (Wildman–Crippen LogP) is 2.16. The van der Waals surface area contributed by atoms with Gasteiger partial charge in [0.15, 0.2) is 0 Å². The number of nitrogens with one attached hydrogen (secondary N) is 2. The second-order valence-corrected chi connectivity index (χ2v) is 5.53. The van der Waals surface area contributed by atoms with Crippen LogP contribution in [0.4, 0.5) is 11.5 Å². The van der Waals surface area contributed by atoms with E-state index in [-0.39, 0.29) is 11.9 Å². The summed E-state index contributed by atoms with van der Waals surface area (Å²) in [7, 11) is 0. The first kappa shape index (κ1) is 17.3. The summed E-state index contributed by atoms with van der Waals surface area (Å²) in [6, 6.07) is 0.125. The lowest BCUT2D eigenvalue weighted by Gasteiger charge is -2.24. The number of nitrogens with zero attached hydrogens (tertiary/aromatic N) is 1. The average molecular weight is 296 g/mol. The Morgan fingerprint density at radius 3 is 2.38 bits per heavy atom. The van der Waals surface area contributed by atoms with Crippen molar-refractivity contribution in [2.45, 2.75) is 66.0 Å². The summed E-state index contributed by atoms with van der Waals surface area (Å²) in [5.74, 6) is 0.690. The zero-order valence-corrected chi connectivity index (χ0v) is 13.5. The Labute approximate surface area is 125 Å². The van der Waals surface area contributed by atoms with E-state index in [2.05, 4.69) is 24.1 Å². The molecule has 0 aliphatic rings. The van der Waals surface area contributed by atoms with Gasteiger partial charge >= 0.3 is 5.69 Å². The maximum Gasteiger partial charge on any atom is 0.330 e. The van der Waals surface area contributed by atoms with Gasteiger partial charge in [0, 0.05) is 12.6 Å². The standard InChI is InChI=1S/C15H28N4O2/c1-5-8-9-19-13(16)12(14(20)18-15(19)21)17-10(4)11(6-2)7-3/h10-11,17H,5-9,16H2,1-4H3,(H,18,20,21). The molecule has 0 aromatic carbocycles. The molecule has 0 spiro atoms. The summed E-state index contributed by atoms with van der Waals surface area (Å²) in [5, 5.41) is 3.20. The Bertz CT molecular complexity index is 558. The molecule has 1 aromatic rings. The van der Waals surface area contributed by atoms with Crippen LogP contribution in [-0.4, -0.2) is 15.6 Å². The zero-order valence-electron chi connectivity index (χ0n) is 13.5. The van der Waals surface area contributed by atoms with E-state index in [1.54, 1.807) is 0 Å². The third-order valence-corrected chi connectivity index (χ3v) is 4.10. The molecule has 0 aliphatic heterocycles. The molecule has 0 saturated heterocycles. The van der Waals surface area contributed by atoms with Crippen molar-refractivity contribution < 1.29 is 0 Å². The lowest BCUT2D eigenvalue weighted by atomic mass is 9.95. The molecule has 1 unspecified atom stereocenters. The van der Waals surface area contributed by atoms with Gasteiger partial charge in [-0.2, -0.15) is 0 Å². The third kappa shape index (κ3) is 4.12. The van der Waals surface area contributed by atoms with Crippen LogP contribution in [0.1, 0.15) is 53.4 Å². The summed E-state index contributed by atoms with van der Waals surface area (Å²) in [4.78, 5) is 26.2. The van der Waals surface area contributed by atoms with Gasteiger partial charge in [-0.05, 0) is 19.3 Å². The van der Waals surface area contributed by atoms with Gasteiger partial charge in [0.2, 0.25) is 0 Å². The molecule has 6 nitrogen and oxygen atoms in total. The van der Waals surface area contributed by atoms with Crippen molar-refractivity contribution in [2.24, 2.45) is 5.92 Å². The van der Waals surface area contributed by atoms with Gasteiger partial charge in [-0.1, -0.05) is 40.0 Å². The highest BCUT2D eigenvalue weighted by Crippen LogP contribution is 2.19. The molecule has 1 heterocycles. The van der Waals surface area contributed by atoms with Crippen molar-refractivity contribution in [1.82, 2.24) is 9.55 Å². The summed E-state index contributed by atoms with van der Waals surface area (Å²) < 4.78 is 1.44. The first-order chi connectivity index (χ1) is 9.96. The maximum atomic E-state index is 12.0. The van der Waals surface area contributed by atoms with Crippen LogP contribution in [-0.2, 0) is 6.54 Å². The number of nitrogen functional groups attached to an aromatic ring is 1. The Balaban J connectivity index is 3.12. The molecule has 0 saturated carbocycles. The minimum absolute atomic E-state index is 0.125. The molecular formula is C15H28N4O2. The monoisotopic (exact) mass is 296 g/mol. The van der Waals surface area contributed by atoms with Gasteiger partial charge in [-0.15, -0.1) is 0 Å². The van der Waals surface area contributed by atoms with Crippen molar-refractivity contribution in [3.63, 3.8) is 0 Å². The highest BCUT2D eigenvalue weighted by atomic mass is 16.2. The molecule has 1 atom stereocenters. The number of aromatic nitrogens is 2. The Kier molecular flexibility index (Phi) is 6.52. The second-order valence-electron chi connectivity index (χ2n) is 5.53. The molecule has 1 rings (SSSR count). The van der Waals surface area contributed by atoms with E-state index >= 15 is 0 Å². The highest BCUT2D eigenvalue weighted by molar-refractivity contribution is 5.60. The van der Waals surface area contributed by atoms with Gasteiger partial charge in [0.05, 0.1) is 0 Å². The fourth-order valence-corrected chi connectivity index (χ4v) is 2.61. The topological polar surface area (TPSA) is 92.9 Å². The van der Waals surface area contributed by atoms with Crippen molar-refractivity contribution >= 4 is 11.5 Å². The molecule has 4 N–H and O–H groups in total. The van der Waals surface area contributed by atoms with Crippen LogP contribution in [0.5, 0.6) is 0 Å². The largest absolute Gasteiger partial charge is 0.383 e. The smallest absolute Gasteiger partial charge is 0.330 e. The maximum absolute atomic E-state index is 12.0. The van der Waals surface area contributed by atoms with Crippen molar-refractivity contribution in [2.75, 3.05) is 11.1 Å². The number of rotatable bonds is 8. The van der Waals surface area contributed by atoms with Crippen LogP contribution < -0.4 is 22.3 Å². The number of unbranched alkanes of at least 4 members (excludes halogenated alkanes) is 1. The van der Waals surface area contributed by atoms with Crippen LogP contribution in [0.2, 0.25) is 0 Å². The molecule has 120 valence electrons. The third-order valence-electron chi connectivity index (χ3n) is 4.10. The fourth-order valence-electron chi connectivity index (χ4n) is 2.61. The van der Waals surface area contributed by atoms with E-state index in [0.29, 0.717) is 18.2 Å². The molecule has 0 amide bonds. The van der Waals surface area contributed by atoms with E-state index < -0.39 is 11.2 Å². The molecule has 0 radical (unpaired) electrons. The van der Waals surface area contributed by atoms with Gasteiger partial charge < -0.3 is 11.1 Å². The molecule has 1 aromatic heterocycles. The van der Waals surface area contributed by atoms with Crippen LogP contribution in [0, 0.1) is 5.92 Å². The second kappa shape index (κ2) is 7.90. The fraction of sp³-hybridized carbons (Fsp3) is 0.733. The predicted molar refractivity (Wildman–Crippen MR) is 87.8 cm³/mol. The Hall–Kier alpha value is -1.72. The number of hydrogen-bond donors (Lipinski definition) is 3. The van der Waals surface area contributed by atoms with E-state index in [1.807, 2.05) is 13.8 Å². The van der Waals surface area contributed by atoms with Crippen LogP contribution in [0.3, 0.4) is 0 Å². The lowest BCUT2D eigenvalue weighted by molar-refractivity contribution is 0.437. The van der Waals surface area contributed by atoms with E-state index in [4.69, 9.17) is 5.73 Å². The van der Waals surface area contributed by atoms with Gasteiger partial charge in [0.1, 0.15) is 11.5 Å². The summed E-state index contributed by atoms with van der Waals surface area (Å²) in [5.41, 5.74) is 5.47. The van der Waals surface area contributed by atoms with Gasteiger partial charge in [-0.3, -0.25) is 14.3 Å². The first-order valence-electron chi connectivity index (χ1n) is 7.85. The number of H-pyrrole nitrogens is 1. The van der Waals surface area contributed by atoms with E-state index in [9.17, 15) is 9.59 Å². The normalized spacial score (nSPS) is 12.6. The molecule has 21 heavy (non-hydrogen) atoms. The van der Waals surface area contributed by atoms with Crippen LogP contribution in [0.25, 0.3) is 0 Å². The average Bonchev–Trinajstić information content (AvgIpc) is 2.44. The molecule has 0 fully saturated rings. The Morgan fingerprint density at radius 2 is 1.86 bits per heavy atom. The van der Waals surface area contributed by atoms with E-state index in [0.717, 1.165) is 25.7 Å². The summed E-state index contributed by atoms with van der Waals surface area (Å²) in [6.45, 7) is 8.86.